The summed E-state index contributed by atoms with van der Waals surface area (Å²) in [5.74, 6) is 1.94. The van der Waals surface area contributed by atoms with Gasteiger partial charge >= 0.3 is 0 Å². The zero-order chi connectivity index (χ0) is 16.1. The van der Waals surface area contributed by atoms with Gasteiger partial charge in [-0.1, -0.05) is 12.1 Å². The van der Waals surface area contributed by atoms with E-state index in [0.717, 1.165) is 16.7 Å². The lowest BCUT2D eigenvalue weighted by atomic mass is 9.98. The third-order valence-electron chi connectivity index (χ3n) is 3.40. The van der Waals surface area contributed by atoms with Gasteiger partial charge in [0.2, 0.25) is 0 Å². The van der Waals surface area contributed by atoms with Crippen molar-refractivity contribution < 1.29 is 14.2 Å². The molecule has 5 heteroatoms. The maximum atomic E-state index is 5.97. The molecular weight excluding hydrogens is 280 g/mol. The van der Waals surface area contributed by atoms with Crippen molar-refractivity contribution in [1.29, 1.82) is 0 Å². The Morgan fingerprint density at radius 3 is 1.86 bits per heavy atom. The molecule has 2 aromatic rings. The quantitative estimate of drug-likeness (QED) is 0.830. The summed E-state index contributed by atoms with van der Waals surface area (Å²) in [4.78, 5) is 0. The number of nitrogen functional groups attached to an aromatic ring is 1. The van der Waals surface area contributed by atoms with Gasteiger partial charge in [0, 0.05) is 11.8 Å². The van der Waals surface area contributed by atoms with E-state index >= 15 is 0 Å². The Kier molecular flexibility index (Phi) is 4.78. The lowest BCUT2D eigenvalue weighted by molar-refractivity contribution is 0.355. The molecule has 0 unspecified atom stereocenters. The molecule has 22 heavy (non-hydrogen) atoms. The molecule has 0 aliphatic rings. The van der Waals surface area contributed by atoms with Crippen molar-refractivity contribution in [2.24, 2.45) is 5.73 Å². The highest BCUT2D eigenvalue weighted by Gasteiger charge is 2.11. The first-order chi connectivity index (χ1) is 10.6. The summed E-state index contributed by atoms with van der Waals surface area (Å²) in [5.41, 5.74) is 15.0. The number of hydrogen-bond donors (Lipinski definition) is 2. The maximum absolute atomic E-state index is 5.97. The van der Waals surface area contributed by atoms with E-state index < -0.39 is 0 Å². The van der Waals surface area contributed by atoms with Crippen LogP contribution in [0.2, 0.25) is 0 Å². The Morgan fingerprint density at radius 1 is 0.818 bits per heavy atom. The van der Waals surface area contributed by atoms with Crippen LogP contribution in [-0.2, 0) is 0 Å². The van der Waals surface area contributed by atoms with Gasteiger partial charge in [-0.2, -0.15) is 0 Å². The van der Waals surface area contributed by atoms with Gasteiger partial charge in [-0.15, -0.1) is 0 Å². The number of benzene rings is 2. The molecule has 4 N–H and O–H groups in total. The largest absolute Gasteiger partial charge is 0.495 e. The molecule has 0 saturated heterocycles. The van der Waals surface area contributed by atoms with Crippen LogP contribution >= 0.6 is 0 Å². The summed E-state index contributed by atoms with van der Waals surface area (Å²) in [6.45, 7) is 0. The molecular formula is C17H20N2O3. The molecule has 0 bridgehead atoms. The molecule has 0 fully saturated rings. The van der Waals surface area contributed by atoms with E-state index in [9.17, 15) is 0 Å². The van der Waals surface area contributed by atoms with E-state index in [2.05, 4.69) is 0 Å². The normalized spacial score (nSPS) is 11.1. The van der Waals surface area contributed by atoms with Gasteiger partial charge in [-0.05, 0) is 35.4 Å². The Morgan fingerprint density at radius 2 is 1.36 bits per heavy atom. The van der Waals surface area contributed by atoms with Crippen LogP contribution in [0.5, 0.6) is 17.2 Å². The average Bonchev–Trinajstić information content (AvgIpc) is 2.55. The first-order valence-corrected chi connectivity index (χ1v) is 6.72. The predicted octanol–water partition coefficient (Wildman–Crippen LogP) is 2.64. The topological polar surface area (TPSA) is 79.7 Å². The van der Waals surface area contributed by atoms with Crippen molar-refractivity contribution >= 4 is 11.3 Å². The minimum absolute atomic E-state index is 0.555. The molecule has 2 aromatic carbocycles. The first kappa shape index (κ1) is 15.6. The molecule has 0 atom stereocenters. The fraction of sp³-hybridized carbons (Fsp3) is 0.176. The van der Waals surface area contributed by atoms with Crippen LogP contribution in [0.25, 0.3) is 5.57 Å². The summed E-state index contributed by atoms with van der Waals surface area (Å²) >= 11 is 0. The van der Waals surface area contributed by atoms with Crippen LogP contribution in [0, 0.1) is 0 Å². The standard InChI is InChI=1S/C17H20N2O3/c1-20-15-6-4-11(8-14(15)19)13(10-18)12-5-7-16(21-2)17(9-12)22-3/h4-10H,18-19H2,1-3H3. The van der Waals surface area contributed by atoms with Crippen molar-refractivity contribution in [3.05, 3.63) is 53.7 Å². The van der Waals surface area contributed by atoms with Crippen LogP contribution in [0.1, 0.15) is 11.1 Å². The van der Waals surface area contributed by atoms with Crippen LogP contribution < -0.4 is 25.7 Å². The lowest BCUT2D eigenvalue weighted by Gasteiger charge is -2.13. The molecule has 0 spiro atoms. The monoisotopic (exact) mass is 300 g/mol. The Bertz CT molecular complexity index is 696. The highest BCUT2D eigenvalue weighted by atomic mass is 16.5. The van der Waals surface area contributed by atoms with E-state index in [4.69, 9.17) is 25.7 Å². The van der Waals surface area contributed by atoms with Crippen molar-refractivity contribution in [2.75, 3.05) is 27.1 Å². The van der Waals surface area contributed by atoms with Crippen LogP contribution in [0.15, 0.2) is 42.6 Å². The molecule has 0 aliphatic heterocycles. The van der Waals surface area contributed by atoms with Crippen molar-refractivity contribution in [1.82, 2.24) is 0 Å². The molecule has 2 rings (SSSR count). The molecule has 116 valence electrons. The van der Waals surface area contributed by atoms with Crippen LogP contribution in [-0.4, -0.2) is 21.3 Å². The van der Waals surface area contributed by atoms with Gasteiger partial charge < -0.3 is 25.7 Å². The minimum atomic E-state index is 0.555. The molecule has 5 nitrogen and oxygen atoms in total. The number of rotatable bonds is 5. The zero-order valence-corrected chi connectivity index (χ0v) is 12.9. The average molecular weight is 300 g/mol. The van der Waals surface area contributed by atoms with Gasteiger partial charge in [-0.3, -0.25) is 0 Å². The van der Waals surface area contributed by atoms with Crippen LogP contribution in [0.3, 0.4) is 0 Å². The van der Waals surface area contributed by atoms with Gasteiger partial charge in [0.1, 0.15) is 5.75 Å². The van der Waals surface area contributed by atoms with Crippen LogP contribution in [0.4, 0.5) is 5.69 Å². The number of methoxy groups -OCH3 is 3. The molecule has 0 aliphatic carbocycles. The van der Waals surface area contributed by atoms with Crippen molar-refractivity contribution in [3.63, 3.8) is 0 Å². The second-order valence-corrected chi connectivity index (χ2v) is 4.61. The molecule has 0 amide bonds. The predicted molar refractivity (Wildman–Crippen MR) is 88.2 cm³/mol. The van der Waals surface area contributed by atoms with Crippen molar-refractivity contribution in [3.8, 4) is 17.2 Å². The zero-order valence-electron chi connectivity index (χ0n) is 12.9. The summed E-state index contributed by atoms with van der Waals surface area (Å²) in [6.07, 6.45) is 1.54. The van der Waals surface area contributed by atoms with E-state index in [-0.39, 0.29) is 0 Å². The molecule has 0 heterocycles. The number of hydrogen-bond acceptors (Lipinski definition) is 5. The van der Waals surface area contributed by atoms with Gasteiger partial charge in [0.05, 0.1) is 27.0 Å². The maximum Gasteiger partial charge on any atom is 0.161 e. The SMILES string of the molecule is COc1ccc(C(=CN)c2ccc(OC)c(OC)c2)cc1N. The third-order valence-corrected chi connectivity index (χ3v) is 3.40. The molecule has 0 aromatic heterocycles. The third kappa shape index (κ3) is 2.93. The molecule has 0 saturated carbocycles. The number of anilines is 1. The number of ether oxygens (including phenoxy) is 3. The summed E-state index contributed by atoms with van der Waals surface area (Å²) < 4.78 is 15.8. The smallest absolute Gasteiger partial charge is 0.161 e. The lowest BCUT2D eigenvalue weighted by Crippen LogP contribution is -1.98. The van der Waals surface area contributed by atoms with Gasteiger partial charge in [0.15, 0.2) is 11.5 Å². The second kappa shape index (κ2) is 6.76. The van der Waals surface area contributed by atoms with E-state index in [1.807, 2.05) is 36.4 Å². The van der Waals surface area contributed by atoms with Gasteiger partial charge in [0.25, 0.3) is 0 Å². The van der Waals surface area contributed by atoms with Gasteiger partial charge in [-0.25, -0.2) is 0 Å². The highest BCUT2D eigenvalue weighted by Crippen LogP contribution is 2.34. The summed E-state index contributed by atoms with van der Waals surface area (Å²) in [5, 5.41) is 0. The minimum Gasteiger partial charge on any atom is -0.495 e. The summed E-state index contributed by atoms with van der Waals surface area (Å²) in [6, 6.07) is 11.2. The van der Waals surface area contributed by atoms with E-state index in [1.54, 1.807) is 27.5 Å². The first-order valence-electron chi connectivity index (χ1n) is 6.72. The Balaban J connectivity index is 2.47. The number of nitrogens with two attached hydrogens (primary N) is 2. The second-order valence-electron chi connectivity index (χ2n) is 4.61. The fourth-order valence-electron chi connectivity index (χ4n) is 2.26. The Labute approximate surface area is 130 Å². The van der Waals surface area contributed by atoms with E-state index in [1.165, 1.54) is 0 Å². The molecule has 0 radical (unpaired) electrons. The van der Waals surface area contributed by atoms with Crippen molar-refractivity contribution in [2.45, 2.75) is 0 Å². The Hall–Kier alpha value is -2.82. The highest BCUT2D eigenvalue weighted by molar-refractivity contribution is 5.82. The van der Waals surface area contributed by atoms with E-state index in [0.29, 0.717) is 22.9 Å². The fourth-order valence-corrected chi connectivity index (χ4v) is 2.26. The summed E-state index contributed by atoms with van der Waals surface area (Å²) in [7, 11) is 4.78.